The van der Waals surface area contributed by atoms with Crippen LogP contribution in [0, 0.1) is 0 Å². The van der Waals surface area contributed by atoms with Crippen LogP contribution in [0.3, 0.4) is 0 Å². The molecule has 1 N–H and O–H groups in total. The molecule has 0 aromatic carbocycles. The van der Waals surface area contributed by atoms with Crippen molar-refractivity contribution in [2.24, 2.45) is 0 Å². The van der Waals surface area contributed by atoms with Crippen molar-refractivity contribution in [3.63, 3.8) is 0 Å². The zero-order valence-electron chi connectivity index (χ0n) is 19.6. The number of halogens is 1. The molecule has 0 radical (unpaired) electrons. The van der Waals surface area contributed by atoms with Crippen LogP contribution in [0.15, 0.2) is 0 Å². The van der Waals surface area contributed by atoms with Gasteiger partial charge in [0.05, 0.1) is 7.11 Å². The van der Waals surface area contributed by atoms with Crippen LogP contribution in [0.1, 0.15) is 48.0 Å². The Balaban J connectivity index is 3.83. The molecule has 13 heteroatoms. The van der Waals surface area contributed by atoms with Gasteiger partial charge in [-0.1, -0.05) is 25.6 Å². The normalized spacial score (nSPS) is 29.9. The Morgan fingerprint density at radius 2 is 1.70 bits per heavy atom. The zero-order valence-corrected chi connectivity index (χ0v) is 20.4. The first-order chi connectivity index (χ1) is 15.3. The van der Waals surface area contributed by atoms with Crippen molar-refractivity contribution in [2.45, 2.75) is 83.8 Å². The summed E-state index contributed by atoms with van der Waals surface area (Å²) in [6.45, 7) is 7.66. The van der Waals surface area contributed by atoms with E-state index in [-0.39, 0.29) is 6.42 Å². The first kappa shape index (κ1) is 28.6. The van der Waals surface area contributed by atoms with Crippen molar-refractivity contribution >= 4 is 40.9 Å². The second-order valence-corrected chi connectivity index (χ2v) is 8.60. The molecule has 0 spiro atoms. The van der Waals surface area contributed by atoms with E-state index in [1.54, 1.807) is 13.8 Å². The van der Waals surface area contributed by atoms with Gasteiger partial charge in [-0.2, -0.15) is 0 Å². The second-order valence-electron chi connectivity index (χ2n) is 7.36. The van der Waals surface area contributed by atoms with E-state index in [0.29, 0.717) is 5.75 Å². The highest BCUT2D eigenvalue weighted by molar-refractivity contribution is 8.13. The number of alkyl halides is 1. The summed E-state index contributed by atoms with van der Waals surface area (Å²) in [6.07, 6.45) is -5.62. The maximum atomic E-state index is 15.9. The van der Waals surface area contributed by atoms with Crippen LogP contribution in [-0.4, -0.2) is 77.8 Å². The highest BCUT2D eigenvalue weighted by Gasteiger charge is 2.70. The Morgan fingerprint density at radius 1 is 1.09 bits per heavy atom. The number of methoxy groups -OCH3 is 1. The summed E-state index contributed by atoms with van der Waals surface area (Å²) in [5.41, 5.74) is -1.92. The molecule has 1 heterocycles. The number of ether oxygens (including phenoxy) is 5. The molecule has 0 bridgehead atoms. The quantitative estimate of drug-likeness (QED) is 0.388. The molecular weight excluding hydrogens is 465 g/mol. The Morgan fingerprint density at radius 3 is 2.12 bits per heavy atom. The van der Waals surface area contributed by atoms with Crippen LogP contribution in [0.2, 0.25) is 0 Å². The first-order valence-electron chi connectivity index (χ1n) is 10.2. The van der Waals surface area contributed by atoms with Gasteiger partial charge in [-0.3, -0.25) is 19.2 Å². The number of carbonyl (C=O) groups is 5. The lowest BCUT2D eigenvalue weighted by atomic mass is 9.78. The molecule has 1 amide bonds. The average molecular weight is 496 g/mol. The van der Waals surface area contributed by atoms with Crippen molar-refractivity contribution in [2.75, 3.05) is 12.9 Å². The molecule has 1 saturated heterocycles. The molecule has 33 heavy (non-hydrogen) atoms. The van der Waals surface area contributed by atoms with E-state index >= 15 is 4.39 Å². The summed E-state index contributed by atoms with van der Waals surface area (Å²) < 4.78 is 41.9. The highest BCUT2D eigenvalue weighted by atomic mass is 32.2. The molecule has 0 saturated carbocycles. The number of hydrogen-bond donors (Lipinski definition) is 1. The van der Waals surface area contributed by atoms with Gasteiger partial charge in [0.2, 0.25) is 6.17 Å². The maximum Gasteiger partial charge on any atom is 0.383 e. The fourth-order valence-corrected chi connectivity index (χ4v) is 4.18. The Labute approximate surface area is 195 Å². The molecule has 0 aromatic rings. The molecule has 1 unspecified atom stereocenters. The number of esters is 4. The van der Waals surface area contributed by atoms with Crippen LogP contribution in [0.4, 0.5) is 9.18 Å². The van der Waals surface area contributed by atoms with Gasteiger partial charge in [-0.05, 0) is 19.1 Å². The molecular formula is C20H30FNO10S. The summed E-state index contributed by atoms with van der Waals surface area (Å²) in [7, 11) is 0.914. The van der Waals surface area contributed by atoms with Crippen molar-refractivity contribution in [3.8, 4) is 0 Å². The van der Waals surface area contributed by atoms with E-state index in [1.807, 2.05) is 0 Å². The van der Waals surface area contributed by atoms with Crippen LogP contribution in [0.25, 0.3) is 0 Å². The molecule has 1 fully saturated rings. The van der Waals surface area contributed by atoms with Crippen molar-refractivity contribution < 1.29 is 52.0 Å². The standard InChI is InChI=1S/C20H30FNO10S/c1-8-13(29-10(3)23)19(6)16(22-18(27)33-9-2)14(30-11(4)24)15(21)20(32-19,17(26)28-7)31-12(5)25/h13-16H,8-9H2,1-7H3,(H,22,27)/t13-,14-,15?,16-,19-,20-/m1/s1. The molecule has 0 aliphatic carbocycles. The number of nitrogens with one attached hydrogen (secondary N) is 1. The van der Waals surface area contributed by atoms with Crippen LogP contribution < -0.4 is 5.32 Å². The third-order valence-electron chi connectivity index (χ3n) is 4.90. The zero-order chi connectivity index (χ0) is 25.6. The number of amides is 1. The second kappa shape index (κ2) is 11.6. The third-order valence-corrected chi connectivity index (χ3v) is 5.57. The SMILES string of the molecule is CCSC(=O)N[C@@H]1[C@H](OC(C)=O)C(F)[C@](OC(C)=O)(C(=O)OC)O[C@]1(C)[C@@H](CC)OC(C)=O. The minimum Gasteiger partial charge on any atom is -0.464 e. The van der Waals surface area contributed by atoms with Crippen molar-refractivity contribution in [1.82, 2.24) is 5.32 Å². The van der Waals surface area contributed by atoms with Gasteiger partial charge < -0.3 is 29.0 Å². The topological polar surface area (TPSA) is 144 Å². The predicted octanol–water partition coefficient (Wildman–Crippen LogP) is 1.65. The number of thioether (sulfide) groups is 1. The van der Waals surface area contributed by atoms with E-state index in [1.165, 1.54) is 6.92 Å². The summed E-state index contributed by atoms with van der Waals surface area (Å²) in [5, 5.41) is 1.92. The van der Waals surface area contributed by atoms with E-state index < -0.39 is 64.9 Å². The fourth-order valence-electron chi connectivity index (χ4n) is 3.70. The molecule has 188 valence electrons. The van der Waals surface area contributed by atoms with E-state index in [0.717, 1.165) is 39.6 Å². The molecule has 1 aliphatic rings. The molecule has 0 aromatic heterocycles. The van der Waals surface area contributed by atoms with Gasteiger partial charge in [-0.15, -0.1) is 0 Å². The van der Waals surface area contributed by atoms with Gasteiger partial charge >= 0.3 is 29.7 Å². The summed E-state index contributed by atoms with van der Waals surface area (Å²) in [4.78, 5) is 60.6. The largest absolute Gasteiger partial charge is 0.464 e. The van der Waals surface area contributed by atoms with Crippen molar-refractivity contribution in [1.29, 1.82) is 0 Å². The van der Waals surface area contributed by atoms with Gasteiger partial charge in [-0.25, -0.2) is 9.18 Å². The molecule has 1 aliphatic heterocycles. The third kappa shape index (κ3) is 6.34. The van der Waals surface area contributed by atoms with E-state index in [2.05, 4.69) is 10.1 Å². The lowest BCUT2D eigenvalue weighted by Gasteiger charge is -2.54. The number of carbonyl (C=O) groups excluding carboxylic acids is 5. The van der Waals surface area contributed by atoms with Gasteiger partial charge in [0, 0.05) is 20.8 Å². The summed E-state index contributed by atoms with van der Waals surface area (Å²) >= 11 is 0.849. The summed E-state index contributed by atoms with van der Waals surface area (Å²) in [5.74, 6) is -6.86. The van der Waals surface area contributed by atoms with Gasteiger partial charge in [0.1, 0.15) is 17.7 Å². The fraction of sp³-hybridized carbons (Fsp3) is 0.750. The van der Waals surface area contributed by atoms with Gasteiger partial charge in [0.15, 0.2) is 6.10 Å². The first-order valence-corrected chi connectivity index (χ1v) is 11.2. The Kier molecular flexibility index (Phi) is 10.1. The smallest absolute Gasteiger partial charge is 0.383 e. The van der Waals surface area contributed by atoms with E-state index in [4.69, 9.17) is 18.9 Å². The molecule has 11 nitrogen and oxygen atoms in total. The van der Waals surface area contributed by atoms with Crippen molar-refractivity contribution in [3.05, 3.63) is 0 Å². The lowest BCUT2D eigenvalue weighted by Crippen LogP contribution is -2.78. The van der Waals surface area contributed by atoms with Crippen LogP contribution in [-0.2, 0) is 42.9 Å². The number of hydrogen-bond acceptors (Lipinski definition) is 11. The van der Waals surface area contributed by atoms with Crippen LogP contribution in [0.5, 0.6) is 0 Å². The van der Waals surface area contributed by atoms with Crippen LogP contribution >= 0.6 is 11.8 Å². The maximum absolute atomic E-state index is 15.9. The predicted molar refractivity (Wildman–Crippen MR) is 113 cm³/mol. The Bertz CT molecular complexity index is 780. The molecule has 1 rings (SSSR count). The van der Waals surface area contributed by atoms with E-state index in [9.17, 15) is 24.0 Å². The average Bonchev–Trinajstić information content (AvgIpc) is 2.71. The Hall–Kier alpha value is -2.41. The van der Waals surface area contributed by atoms with Gasteiger partial charge in [0.25, 0.3) is 5.24 Å². The molecule has 6 atom stereocenters. The minimum absolute atomic E-state index is 0.0738. The lowest BCUT2D eigenvalue weighted by molar-refractivity contribution is -0.349. The number of rotatable bonds is 8. The minimum atomic E-state index is -3.01. The summed E-state index contributed by atoms with van der Waals surface area (Å²) in [6, 6.07) is -1.46. The monoisotopic (exact) mass is 495 g/mol. The highest BCUT2D eigenvalue weighted by Crippen LogP contribution is 2.44.